The maximum absolute atomic E-state index is 11.3. The van der Waals surface area contributed by atoms with Crippen LogP contribution >= 0.6 is 0 Å². The molecule has 1 aliphatic heterocycles. The van der Waals surface area contributed by atoms with Gasteiger partial charge in [0.25, 0.3) is 0 Å². The minimum Gasteiger partial charge on any atom is -0.370 e. The van der Waals surface area contributed by atoms with E-state index in [-0.39, 0.29) is 11.8 Å². The van der Waals surface area contributed by atoms with Gasteiger partial charge in [-0.05, 0) is 31.4 Å². The SMILES string of the molecule is Cc1ccc(N2CCCC(C(N)=O)C2)c(CN)c1. The smallest absolute Gasteiger partial charge is 0.222 e. The van der Waals surface area contributed by atoms with Crippen LogP contribution in [0.4, 0.5) is 5.69 Å². The zero-order valence-corrected chi connectivity index (χ0v) is 10.9. The van der Waals surface area contributed by atoms with E-state index in [9.17, 15) is 4.79 Å². The van der Waals surface area contributed by atoms with Crippen LogP contribution in [0, 0.1) is 12.8 Å². The van der Waals surface area contributed by atoms with E-state index in [1.807, 2.05) is 0 Å². The van der Waals surface area contributed by atoms with Crippen LogP contribution in [0.5, 0.6) is 0 Å². The van der Waals surface area contributed by atoms with Gasteiger partial charge in [-0.2, -0.15) is 0 Å². The Kier molecular flexibility index (Phi) is 3.87. The van der Waals surface area contributed by atoms with Gasteiger partial charge in [0.2, 0.25) is 5.91 Å². The molecule has 1 aliphatic rings. The highest BCUT2D eigenvalue weighted by Gasteiger charge is 2.25. The van der Waals surface area contributed by atoms with Crippen LogP contribution in [0.3, 0.4) is 0 Å². The first-order valence-corrected chi connectivity index (χ1v) is 6.45. The summed E-state index contributed by atoms with van der Waals surface area (Å²) in [5, 5.41) is 0. The molecule has 4 N–H and O–H groups in total. The Morgan fingerprint density at radius 3 is 2.94 bits per heavy atom. The van der Waals surface area contributed by atoms with Crippen LogP contribution < -0.4 is 16.4 Å². The molecule has 1 atom stereocenters. The highest BCUT2D eigenvalue weighted by Crippen LogP contribution is 2.27. The van der Waals surface area contributed by atoms with E-state index in [1.54, 1.807) is 0 Å². The number of anilines is 1. The summed E-state index contributed by atoms with van der Waals surface area (Å²) < 4.78 is 0. The summed E-state index contributed by atoms with van der Waals surface area (Å²) in [6.45, 7) is 4.27. The average molecular weight is 247 g/mol. The summed E-state index contributed by atoms with van der Waals surface area (Å²) >= 11 is 0. The highest BCUT2D eigenvalue weighted by molar-refractivity contribution is 5.77. The summed E-state index contributed by atoms with van der Waals surface area (Å²) in [5.41, 5.74) is 14.7. The zero-order chi connectivity index (χ0) is 13.1. The Balaban J connectivity index is 2.22. The summed E-state index contributed by atoms with van der Waals surface area (Å²) in [6, 6.07) is 6.30. The molecule has 2 rings (SSSR count). The Morgan fingerprint density at radius 1 is 1.50 bits per heavy atom. The molecule has 0 aliphatic carbocycles. The number of piperidine rings is 1. The van der Waals surface area contributed by atoms with Gasteiger partial charge >= 0.3 is 0 Å². The molecule has 1 aromatic carbocycles. The second kappa shape index (κ2) is 5.40. The molecular weight excluding hydrogens is 226 g/mol. The van der Waals surface area contributed by atoms with Crippen LogP contribution in [-0.2, 0) is 11.3 Å². The van der Waals surface area contributed by atoms with Crippen molar-refractivity contribution < 1.29 is 4.79 Å². The van der Waals surface area contributed by atoms with Crippen LogP contribution in [0.2, 0.25) is 0 Å². The first-order valence-electron chi connectivity index (χ1n) is 6.45. The maximum atomic E-state index is 11.3. The number of nitrogens with two attached hydrogens (primary N) is 2. The van der Waals surface area contributed by atoms with E-state index in [4.69, 9.17) is 11.5 Å². The van der Waals surface area contributed by atoms with E-state index in [1.165, 1.54) is 5.56 Å². The van der Waals surface area contributed by atoms with Gasteiger partial charge in [0, 0.05) is 25.3 Å². The molecular formula is C14H21N3O. The lowest BCUT2D eigenvalue weighted by atomic mass is 9.96. The number of hydrogen-bond donors (Lipinski definition) is 2. The molecule has 1 aromatic rings. The monoisotopic (exact) mass is 247 g/mol. The lowest BCUT2D eigenvalue weighted by molar-refractivity contribution is -0.122. The molecule has 98 valence electrons. The van der Waals surface area contributed by atoms with E-state index in [0.29, 0.717) is 13.1 Å². The van der Waals surface area contributed by atoms with Crippen molar-refractivity contribution in [1.29, 1.82) is 0 Å². The number of primary amides is 1. The van der Waals surface area contributed by atoms with Crippen molar-refractivity contribution in [3.05, 3.63) is 29.3 Å². The molecule has 0 aromatic heterocycles. The molecule has 1 fully saturated rings. The fourth-order valence-electron chi connectivity index (χ4n) is 2.61. The molecule has 4 heteroatoms. The third-order valence-corrected chi connectivity index (χ3v) is 3.62. The van der Waals surface area contributed by atoms with E-state index < -0.39 is 0 Å². The predicted molar refractivity (Wildman–Crippen MR) is 73.2 cm³/mol. The van der Waals surface area contributed by atoms with Crippen molar-refractivity contribution in [2.45, 2.75) is 26.3 Å². The fraction of sp³-hybridized carbons (Fsp3) is 0.500. The molecule has 0 radical (unpaired) electrons. The molecule has 1 saturated heterocycles. The van der Waals surface area contributed by atoms with Gasteiger partial charge in [-0.25, -0.2) is 0 Å². The zero-order valence-electron chi connectivity index (χ0n) is 10.9. The number of nitrogens with zero attached hydrogens (tertiary/aromatic N) is 1. The minimum atomic E-state index is -0.193. The van der Waals surface area contributed by atoms with Gasteiger partial charge in [-0.1, -0.05) is 17.7 Å². The lowest BCUT2D eigenvalue weighted by Crippen LogP contribution is -2.41. The predicted octanol–water partition coefficient (Wildman–Crippen LogP) is 1.16. The number of carbonyl (C=O) groups excluding carboxylic acids is 1. The minimum absolute atomic E-state index is 0.0364. The van der Waals surface area contributed by atoms with Gasteiger partial charge in [0.05, 0.1) is 5.92 Å². The Bertz CT molecular complexity index is 445. The number of aryl methyl sites for hydroxylation is 1. The van der Waals surface area contributed by atoms with Crippen molar-refractivity contribution in [2.24, 2.45) is 17.4 Å². The van der Waals surface area contributed by atoms with E-state index in [2.05, 4.69) is 30.0 Å². The Labute approximate surface area is 108 Å². The lowest BCUT2D eigenvalue weighted by Gasteiger charge is -2.34. The van der Waals surface area contributed by atoms with Gasteiger partial charge in [0.1, 0.15) is 0 Å². The largest absolute Gasteiger partial charge is 0.370 e. The number of benzene rings is 1. The van der Waals surface area contributed by atoms with Crippen LogP contribution in [0.15, 0.2) is 18.2 Å². The standard InChI is InChI=1S/C14H21N3O/c1-10-4-5-13(12(7-10)8-15)17-6-2-3-11(9-17)14(16)18/h4-5,7,11H,2-3,6,8-9,15H2,1H3,(H2,16,18). The number of rotatable bonds is 3. The molecule has 0 bridgehead atoms. The highest BCUT2D eigenvalue weighted by atomic mass is 16.1. The Hall–Kier alpha value is -1.55. The van der Waals surface area contributed by atoms with Gasteiger partial charge < -0.3 is 16.4 Å². The second-order valence-corrected chi connectivity index (χ2v) is 5.02. The van der Waals surface area contributed by atoms with Crippen LogP contribution in [0.1, 0.15) is 24.0 Å². The number of amides is 1. The maximum Gasteiger partial charge on any atom is 0.222 e. The van der Waals surface area contributed by atoms with Crippen molar-refractivity contribution in [2.75, 3.05) is 18.0 Å². The van der Waals surface area contributed by atoms with Crippen molar-refractivity contribution in [3.63, 3.8) is 0 Å². The van der Waals surface area contributed by atoms with Gasteiger partial charge in [0.15, 0.2) is 0 Å². The number of hydrogen-bond acceptors (Lipinski definition) is 3. The third-order valence-electron chi connectivity index (χ3n) is 3.62. The average Bonchev–Trinajstić information content (AvgIpc) is 2.38. The summed E-state index contributed by atoms with van der Waals surface area (Å²) in [6.07, 6.45) is 1.90. The molecule has 1 unspecified atom stereocenters. The fourth-order valence-corrected chi connectivity index (χ4v) is 2.61. The molecule has 1 amide bonds. The topological polar surface area (TPSA) is 72.3 Å². The van der Waals surface area contributed by atoms with Crippen molar-refractivity contribution >= 4 is 11.6 Å². The van der Waals surface area contributed by atoms with E-state index >= 15 is 0 Å². The normalized spacial score (nSPS) is 19.9. The van der Waals surface area contributed by atoms with Gasteiger partial charge in [-0.3, -0.25) is 4.79 Å². The third kappa shape index (κ3) is 2.64. The Morgan fingerprint density at radius 2 is 2.28 bits per heavy atom. The van der Waals surface area contributed by atoms with Crippen LogP contribution in [-0.4, -0.2) is 19.0 Å². The summed E-state index contributed by atoms with van der Waals surface area (Å²) in [4.78, 5) is 13.5. The molecule has 0 saturated carbocycles. The second-order valence-electron chi connectivity index (χ2n) is 5.02. The van der Waals surface area contributed by atoms with Crippen molar-refractivity contribution in [1.82, 2.24) is 0 Å². The van der Waals surface area contributed by atoms with Gasteiger partial charge in [-0.15, -0.1) is 0 Å². The summed E-state index contributed by atoms with van der Waals surface area (Å²) in [5.74, 6) is -0.230. The first-order chi connectivity index (χ1) is 8.61. The molecule has 0 spiro atoms. The van der Waals surface area contributed by atoms with Crippen molar-refractivity contribution in [3.8, 4) is 0 Å². The molecule has 4 nitrogen and oxygen atoms in total. The quantitative estimate of drug-likeness (QED) is 0.841. The molecule has 18 heavy (non-hydrogen) atoms. The van der Waals surface area contributed by atoms with Crippen LogP contribution in [0.25, 0.3) is 0 Å². The number of carbonyl (C=O) groups is 1. The van der Waals surface area contributed by atoms with E-state index in [0.717, 1.165) is 30.6 Å². The summed E-state index contributed by atoms with van der Waals surface area (Å²) in [7, 11) is 0. The molecule has 1 heterocycles. The first kappa shape index (κ1) is 12.9.